The van der Waals surface area contributed by atoms with Crippen LogP contribution in [0.2, 0.25) is 0 Å². The minimum atomic E-state index is -0.150. The Hall–Kier alpha value is -2.59. The van der Waals surface area contributed by atoms with E-state index in [4.69, 9.17) is 9.84 Å². The van der Waals surface area contributed by atoms with E-state index in [9.17, 15) is 0 Å². The van der Waals surface area contributed by atoms with Crippen molar-refractivity contribution in [1.82, 2.24) is 5.01 Å². The van der Waals surface area contributed by atoms with Crippen molar-refractivity contribution in [3.8, 4) is 5.75 Å². The predicted molar refractivity (Wildman–Crippen MR) is 101 cm³/mol. The molecule has 0 saturated heterocycles. The largest absolute Gasteiger partial charge is 0.464 e. The van der Waals surface area contributed by atoms with Crippen molar-refractivity contribution < 1.29 is 4.74 Å². The van der Waals surface area contributed by atoms with Crippen molar-refractivity contribution in [2.45, 2.75) is 25.6 Å². The van der Waals surface area contributed by atoms with Crippen molar-refractivity contribution in [2.75, 3.05) is 0 Å². The highest BCUT2D eigenvalue weighted by atomic mass is 32.1. The molecule has 0 fully saturated rings. The van der Waals surface area contributed by atoms with E-state index in [-0.39, 0.29) is 12.3 Å². The van der Waals surface area contributed by atoms with Gasteiger partial charge in [-0.3, -0.25) is 0 Å². The average Bonchev–Trinajstić information content (AvgIpc) is 3.32. The first-order chi connectivity index (χ1) is 12.3. The fourth-order valence-electron chi connectivity index (χ4n) is 3.57. The number of hydrazone groups is 1. The van der Waals surface area contributed by atoms with E-state index in [0.717, 1.165) is 17.9 Å². The summed E-state index contributed by atoms with van der Waals surface area (Å²) in [4.78, 5) is 1.19. The molecule has 2 unspecified atom stereocenters. The van der Waals surface area contributed by atoms with E-state index in [1.807, 2.05) is 6.07 Å². The summed E-state index contributed by atoms with van der Waals surface area (Å²) >= 11 is 1.72. The normalized spacial score (nSPS) is 21.3. The number of hydrogen-bond acceptors (Lipinski definition) is 4. The fraction of sp³-hybridized carbons (Fsp3) is 0.190. The van der Waals surface area contributed by atoms with Crippen molar-refractivity contribution in [1.29, 1.82) is 0 Å². The number of nitrogens with zero attached hydrogens (tertiary/aromatic N) is 2. The van der Waals surface area contributed by atoms with Gasteiger partial charge in [-0.2, -0.15) is 5.10 Å². The van der Waals surface area contributed by atoms with Crippen LogP contribution in [0.3, 0.4) is 0 Å². The minimum absolute atomic E-state index is 0.150. The van der Waals surface area contributed by atoms with Crippen LogP contribution >= 0.6 is 11.3 Å². The smallest absolute Gasteiger partial charge is 0.222 e. The van der Waals surface area contributed by atoms with Gasteiger partial charge in [-0.25, -0.2) is 5.01 Å². The maximum atomic E-state index is 6.32. The van der Waals surface area contributed by atoms with Crippen LogP contribution in [0.1, 0.15) is 40.3 Å². The van der Waals surface area contributed by atoms with Gasteiger partial charge in [0.25, 0.3) is 0 Å². The maximum Gasteiger partial charge on any atom is 0.222 e. The highest BCUT2D eigenvalue weighted by Crippen LogP contribution is 2.47. The second-order valence-corrected chi connectivity index (χ2v) is 7.52. The second kappa shape index (κ2) is 5.74. The van der Waals surface area contributed by atoms with Crippen LogP contribution in [0.5, 0.6) is 5.75 Å². The third-order valence-corrected chi connectivity index (χ3v) is 5.77. The molecule has 1 aromatic heterocycles. The fourth-order valence-corrected chi connectivity index (χ4v) is 4.32. The van der Waals surface area contributed by atoms with Gasteiger partial charge >= 0.3 is 0 Å². The van der Waals surface area contributed by atoms with E-state index in [2.05, 4.69) is 71.9 Å². The first-order valence-electron chi connectivity index (χ1n) is 8.51. The lowest BCUT2D eigenvalue weighted by Crippen LogP contribution is -2.33. The third-order valence-electron chi connectivity index (χ3n) is 4.87. The molecule has 3 aromatic rings. The highest BCUT2D eigenvalue weighted by molar-refractivity contribution is 7.10. The van der Waals surface area contributed by atoms with Gasteiger partial charge in [0.05, 0.1) is 16.6 Å². The topological polar surface area (TPSA) is 24.8 Å². The molecule has 2 aliphatic heterocycles. The molecule has 4 heteroatoms. The first-order valence-corrected chi connectivity index (χ1v) is 9.39. The SMILES string of the molecule is Cc1ccc(C2=NN3C(C2)c2ccccc2OC3c2cccs2)cc1. The Morgan fingerprint density at radius 1 is 1.04 bits per heavy atom. The highest BCUT2D eigenvalue weighted by Gasteiger charge is 2.41. The van der Waals surface area contributed by atoms with Crippen LogP contribution in [0.4, 0.5) is 0 Å². The molecule has 2 aliphatic rings. The summed E-state index contributed by atoms with van der Waals surface area (Å²) in [5, 5.41) is 9.21. The van der Waals surface area contributed by atoms with Gasteiger partial charge < -0.3 is 4.74 Å². The van der Waals surface area contributed by atoms with E-state index in [1.54, 1.807) is 11.3 Å². The molecule has 0 N–H and O–H groups in total. The van der Waals surface area contributed by atoms with Crippen LogP contribution in [0, 0.1) is 6.92 Å². The standard InChI is InChI=1S/C21H18N2OS/c1-14-8-10-15(11-9-14)17-13-18-16-5-2-3-6-19(16)24-21(23(18)22-17)20-7-4-12-25-20/h2-12,18,21H,13H2,1H3. The molecule has 2 atom stereocenters. The molecule has 0 saturated carbocycles. The Balaban J connectivity index is 1.59. The van der Waals surface area contributed by atoms with Gasteiger partial charge in [-0.15, -0.1) is 11.3 Å². The van der Waals surface area contributed by atoms with Gasteiger partial charge in [-0.05, 0) is 30.0 Å². The molecule has 0 radical (unpaired) electrons. The van der Waals surface area contributed by atoms with E-state index in [0.29, 0.717) is 0 Å². The molecular formula is C21H18N2OS. The van der Waals surface area contributed by atoms with Gasteiger partial charge in [0, 0.05) is 12.0 Å². The summed E-state index contributed by atoms with van der Waals surface area (Å²) in [5.74, 6) is 0.975. The number of ether oxygens (including phenoxy) is 1. The number of fused-ring (bicyclic) bond motifs is 3. The summed E-state index contributed by atoms with van der Waals surface area (Å²) < 4.78 is 6.32. The van der Waals surface area contributed by atoms with Crippen molar-refractivity contribution in [3.63, 3.8) is 0 Å². The molecule has 0 amide bonds. The summed E-state index contributed by atoms with van der Waals surface area (Å²) in [5.41, 5.74) is 4.82. The van der Waals surface area contributed by atoms with Gasteiger partial charge in [-0.1, -0.05) is 54.1 Å². The number of hydrogen-bond donors (Lipinski definition) is 0. The van der Waals surface area contributed by atoms with E-state index < -0.39 is 0 Å². The zero-order valence-corrected chi connectivity index (χ0v) is 14.7. The Morgan fingerprint density at radius 3 is 2.68 bits per heavy atom. The Labute approximate surface area is 151 Å². The quantitative estimate of drug-likeness (QED) is 0.629. The number of thiophene rings is 1. The summed E-state index contributed by atoms with van der Waals surface area (Å²) in [6.07, 6.45) is 0.758. The molecule has 0 spiro atoms. The summed E-state index contributed by atoms with van der Waals surface area (Å²) in [7, 11) is 0. The molecule has 25 heavy (non-hydrogen) atoms. The monoisotopic (exact) mass is 346 g/mol. The maximum absolute atomic E-state index is 6.32. The summed E-state index contributed by atoms with van der Waals surface area (Å²) in [6.45, 7) is 2.11. The lowest BCUT2D eigenvalue weighted by molar-refractivity contribution is -0.0165. The van der Waals surface area contributed by atoms with Crippen molar-refractivity contribution in [3.05, 3.63) is 87.6 Å². The van der Waals surface area contributed by atoms with Crippen LogP contribution < -0.4 is 4.74 Å². The molecule has 2 aromatic carbocycles. The molecule has 3 heterocycles. The number of rotatable bonds is 2. The number of benzene rings is 2. The first kappa shape index (κ1) is 14.7. The van der Waals surface area contributed by atoms with Crippen LogP contribution in [-0.4, -0.2) is 10.7 Å². The van der Waals surface area contributed by atoms with Crippen LogP contribution in [-0.2, 0) is 0 Å². The molecule has 3 nitrogen and oxygen atoms in total. The van der Waals surface area contributed by atoms with Crippen LogP contribution in [0.15, 0.2) is 71.1 Å². The molecular weight excluding hydrogens is 328 g/mol. The lowest BCUT2D eigenvalue weighted by atomic mass is 9.96. The molecule has 0 bridgehead atoms. The Kier molecular flexibility index (Phi) is 3.38. The van der Waals surface area contributed by atoms with Crippen molar-refractivity contribution in [2.24, 2.45) is 5.10 Å². The summed E-state index contributed by atoms with van der Waals surface area (Å²) in [6, 6.07) is 21.4. The molecule has 0 aliphatic carbocycles. The van der Waals surface area contributed by atoms with E-state index in [1.165, 1.54) is 21.6 Å². The van der Waals surface area contributed by atoms with Crippen molar-refractivity contribution >= 4 is 17.0 Å². The third kappa shape index (κ3) is 2.45. The van der Waals surface area contributed by atoms with Gasteiger partial charge in [0.2, 0.25) is 6.23 Å². The zero-order valence-electron chi connectivity index (χ0n) is 13.9. The van der Waals surface area contributed by atoms with Gasteiger partial charge in [0.1, 0.15) is 5.75 Å². The van der Waals surface area contributed by atoms with E-state index >= 15 is 0 Å². The Bertz CT molecular complexity index is 931. The van der Waals surface area contributed by atoms with Crippen LogP contribution in [0.25, 0.3) is 0 Å². The zero-order chi connectivity index (χ0) is 16.8. The number of para-hydroxylation sites is 1. The van der Waals surface area contributed by atoms with Gasteiger partial charge in [0.15, 0.2) is 0 Å². The predicted octanol–water partition coefficient (Wildman–Crippen LogP) is 5.30. The minimum Gasteiger partial charge on any atom is -0.464 e. The average molecular weight is 346 g/mol. The molecule has 124 valence electrons. The second-order valence-electron chi connectivity index (χ2n) is 6.54. The lowest BCUT2D eigenvalue weighted by Gasteiger charge is -2.37. The Morgan fingerprint density at radius 2 is 1.88 bits per heavy atom. The molecule has 5 rings (SSSR count). The number of aryl methyl sites for hydroxylation is 1.